The lowest BCUT2D eigenvalue weighted by molar-refractivity contribution is -0.152. The second-order valence-corrected chi connectivity index (χ2v) is 12.9. The summed E-state index contributed by atoms with van der Waals surface area (Å²) in [5, 5.41) is 0.247. The number of rotatable bonds is 6. The number of amides is 2. The Morgan fingerprint density at radius 3 is 2.28 bits per heavy atom. The summed E-state index contributed by atoms with van der Waals surface area (Å²) < 4.78 is 43.1. The van der Waals surface area contributed by atoms with Crippen molar-refractivity contribution in [3.63, 3.8) is 0 Å². The zero-order valence-corrected chi connectivity index (χ0v) is 23.9. The predicted molar refractivity (Wildman–Crippen MR) is 146 cm³/mol. The molecule has 208 valence electrons. The van der Waals surface area contributed by atoms with Gasteiger partial charge in [-0.15, -0.1) is 0 Å². The monoisotopic (exact) mass is 594 g/mol. The summed E-state index contributed by atoms with van der Waals surface area (Å²) in [6.45, 7) is 4.80. The van der Waals surface area contributed by atoms with E-state index in [1.807, 2.05) is 18.7 Å². The number of hydrogen-bond donors (Lipinski definition) is 0. The first-order valence-electron chi connectivity index (χ1n) is 12.8. The Morgan fingerprint density at radius 2 is 1.67 bits per heavy atom. The van der Waals surface area contributed by atoms with Gasteiger partial charge in [0.25, 0.3) is 10.0 Å². The smallest absolute Gasteiger partial charge is 0.267 e. The van der Waals surface area contributed by atoms with E-state index in [2.05, 4.69) is 0 Å². The Morgan fingerprint density at radius 1 is 1.00 bits per heavy atom. The molecule has 3 aliphatic heterocycles. The number of likely N-dealkylation sites (tertiary alicyclic amines) is 1. The maximum absolute atomic E-state index is 14.2. The molecule has 0 saturated carbocycles. The molecule has 0 aliphatic carbocycles. The van der Waals surface area contributed by atoms with Crippen molar-refractivity contribution in [1.82, 2.24) is 19.0 Å². The van der Waals surface area contributed by atoms with Gasteiger partial charge in [0.1, 0.15) is 28.6 Å². The van der Waals surface area contributed by atoms with Gasteiger partial charge in [-0.1, -0.05) is 35.3 Å². The lowest BCUT2D eigenvalue weighted by Crippen LogP contribution is -2.67. The van der Waals surface area contributed by atoms with Gasteiger partial charge in [0.15, 0.2) is 0 Å². The maximum Gasteiger partial charge on any atom is 0.267 e. The topological polar surface area (TPSA) is 81.2 Å². The summed E-state index contributed by atoms with van der Waals surface area (Å²) >= 11 is 12.4. The van der Waals surface area contributed by atoms with Crippen LogP contribution >= 0.6 is 23.2 Å². The van der Waals surface area contributed by atoms with Gasteiger partial charge in [-0.2, -0.15) is 0 Å². The highest BCUT2D eigenvalue weighted by molar-refractivity contribution is 7.89. The van der Waals surface area contributed by atoms with Gasteiger partial charge >= 0.3 is 0 Å². The van der Waals surface area contributed by atoms with Crippen LogP contribution in [0.4, 0.5) is 4.39 Å². The van der Waals surface area contributed by atoms with Crippen molar-refractivity contribution in [3.05, 3.63) is 75.9 Å². The van der Waals surface area contributed by atoms with Crippen LogP contribution < -0.4 is 0 Å². The van der Waals surface area contributed by atoms with E-state index >= 15 is 0 Å². The van der Waals surface area contributed by atoms with Crippen LogP contribution in [0.3, 0.4) is 0 Å². The summed E-state index contributed by atoms with van der Waals surface area (Å²) in [7, 11) is -4.27. The van der Waals surface area contributed by atoms with Gasteiger partial charge in [-0.3, -0.25) is 19.4 Å². The summed E-state index contributed by atoms with van der Waals surface area (Å²) in [6.07, 6.45) is 3.31. The van der Waals surface area contributed by atoms with Crippen molar-refractivity contribution in [3.8, 4) is 0 Å². The standard InChI is InChI=1S/C27H29Cl2FN4O4S/c1-17(2)32-16-25-33(39(37,38)24-10-7-19(28)14-21(24)29)15-23(31-11-3-4-12-31)27(36)34(25)22(26(32)35)13-18-5-8-20(30)9-6-18/h5-10,14,16-17,22-23H,3-4,11-13,15H2,1-2H3. The van der Waals surface area contributed by atoms with Crippen LogP contribution in [-0.4, -0.2) is 77.0 Å². The quantitative estimate of drug-likeness (QED) is 0.503. The van der Waals surface area contributed by atoms with Gasteiger partial charge in [-0.25, -0.2) is 17.1 Å². The van der Waals surface area contributed by atoms with Crippen LogP contribution in [0.1, 0.15) is 32.3 Å². The first-order chi connectivity index (χ1) is 18.5. The molecule has 2 aromatic rings. The molecule has 0 radical (unpaired) electrons. The van der Waals surface area contributed by atoms with E-state index in [9.17, 15) is 22.4 Å². The molecule has 0 bridgehead atoms. The molecule has 5 rings (SSSR count). The molecular weight excluding hydrogens is 566 g/mol. The summed E-state index contributed by atoms with van der Waals surface area (Å²) in [5.41, 5.74) is 0.644. The van der Waals surface area contributed by atoms with Crippen molar-refractivity contribution < 1.29 is 22.4 Å². The van der Waals surface area contributed by atoms with E-state index in [4.69, 9.17) is 23.2 Å². The molecule has 3 heterocycles. The average molecular weight is 596 g/mol. The van der Waals surface area contributed by atoms with E-state index in [0.717, 1.165) is 12.8 Å². The summed E-state index contributed by atoms with van der Waals surface area (Å²) in [4.78, 5) is 32.5. The molecule has 2 atom stereocenters. The molecule has 12 heteroatoms. The third kappa shape index (κ3) is 5.15. The molecule has 2 unspecified atom stereocenters. The van der Waals surface area contributed by atoms with Gasteiger partial charge in [0, 0.05) is 23.7 Å². The molecule has 0 aromatic heterocycles. The predicted octanol–water partition coefficient (Wildman–Crippen LogP) is 4.09. The fraction of sp³-hybridized carbons (Fsp3) is 0.407. The number of sulfonamides is 1. The van der Waals surface area contributed by atoms with Gasteiger partial charge < -0.3 is 4.90 Å². The molecule has 0 spiro atoms. The number of benzene rings is 2. The van der Waals surface area contributed by atoms with Crippen LogP contribution in [-0.2, 0) is 26.0 Å². The number of carbonyl (C=O) groups excluding carboxylic acids is 2. The Bertz CT molecular complexity index is 1430. The molecule has 2 saturated heterocycles. The van der Waals surface area contributed by atoms with E-state index in [1.54, 1.807) is 12.1 Å². The van der Waals surface area contributed by atoms with E-state index < -0.39 is 27.9 Å². The fourth-order valence-corrected chi connectivity index (χ4v) is 7.61. The average Bonchev–Trinajstić information content (AvgIpc) is 3.41. The third-order valence-corrected chi connectivity index (χ3v) is 9.90. The lowest BCUT2D eigenvalue weighted by Gasteiger charge is -2.50. The van der Waals surface area contributed by atoms with Crippen molar-refractivity contribution in [2.45, 2.75) is 56.1 Å². The largest absolute Gasteiger partial charge is 0.311 e. The Balaban J connectivity index is 1.66. The minimum absolute atomic E-state index is 0.0419. The van der Waals surface area contributed by atoms with E-state index in [0.29, 0.717) is 18.7 Å². The van der Waals surface area contributed by atoms with Crippen molar-refractivity contribution >= 4 is 45.0 Å². The van der Waals surface area contributed by atoms with Gasteiger partial charge in [-0.05, 0) is 75.7 Å². The van der Waals surface area contributed by atoms with Crippen LogP contribution in [0.15, 0.2) is 59.4 Å². The Labute approximate surface area is 237 Å². The first-order valence-corrected chi connectivity index (χ1v) is 15.0. The molecule has 8 nitrogen and oxygen atoms in total. The maximum atomic E-state index is 14.2. The number of hydrogen-bond acceptors (Lipinski definition) is 5. The van der Waals surface area contributed by atoms with Crippen molar-refractivity contribution in [2.24, 2.45) is 0 Å². The van der Waals surface area contributed by atoms with E-state index in [1.165, 1.54) is 50.6 Å². The van der Waals surface area contributed by atoms with Crippen molar-refractivity contribution in [2.75, 3.05) is 19.6 Å². The summed E-state index contributed by atoms with van der Waals surface area (Å²) in [5.74, 6) is -1.00. The van der Waals surface area contributed by atoms with Crippen LogP contribution in [0.2, 0.25) is 10.0 Å². The van der Waals surface area contributed by atoms with Gasteiger partial charge in [0.2, 0.25) is 11.8 Å². The normalized spacial score (nSPS) is 22.5. The minimum Gasteiger partial charge on any atom is -0.311 e. The second-order valence-electron chi connectivity index (χ2n) is 10.3. The summed E-state index contributed by atoms with van der Waals surface area (Å²) in [6, 6.07) is 7.76. The molecule has 2 fully saturated rings. The SMILES string of the molecule is CC(C)N1C=C2N(C(=O)C(N3CCCC3)CN2S(=O)(=O)c2ccc(Cl)cc2Cl)C(Cc2ccc(F)cc2)C1=O. The Hall–Kier alpha value is -2.66. The molecule has 2 amide bonds. The lowest BCUT2D eigenvalue weighted by atomic mass is 9.98. The number of halogens is 3. The van der Waals surface area contributed by atoms with Crippen molar-refractivity contribution in [1.29, 1.82) is 0 Å². The number of nitrogens with zero attached hydrogens (tertiary/aromatic N) is 4. The number of carbonyl (C=O) groups is 2. The van der Waals surface area contributed by atoms with E-state index in [-0.39, 0.29) is 51.6 Å². The highest BCUT2D eigenvalue weighted by Crippen LogP contribution is 2.37. The van der Waals surface area contributed by atoms with Gasteiger partial charge in [0.05, 0.1) is 11.6 Å². The Kier molecular flexibility index (Phi) is 7.67. The van der Waals surface area contributed by atoms with Crippen LogP contribution in [0.25, 0.3) is 0 Å². The first kappa shape index (κ1) is 27.9. The fourth-order valence-electron chi connectivity index (χ4n) is 5.41. The highest BCUT2D eigenvalue weighted by Gasteiger charge is 2.51. The zero-order chi connectivity index (χ0) is 28.1. The number of fused-ring (bicyclic) bond motifs is 1. The molecular formula is C27H29Cl2FN4O4S. The molecule has 0 N–H and O–H groups in total. The second kappa shape index (κ2) is 10.7. The van der Waals surface area contributed by atoms with Crippen LogP contribution in [0, 0.1) is 5.82 Å². The zero-order valence-electron chi connectivity index (χ0n) is 21.6. The highest BCUT2D eigenvalue weighted by atomic mass is 35.5. The molecule has 39 heavy (non-hydrogen) atoms. The molecule has 3 aliphatic rings. The third-order valence-electron chi connectivity index (χ3n) is 7.41. The minimum atomic E-state index is -4.27. The van der Waals surface area contributed by atoms with Crippen LogP contribution in [0.5, 0.6) is 0 Å². The molecule has 2 aromatic carbocycles.